The van der Waals surface area contributed by atoms with Crippen LogP contribution in [0.5, 0.6) is 0 Å². The Kier molecular flexibility index (Phi) is 4.56. The van der Waals surface area contributed by atoms with Crippen LogP contribution >= 0.6 is 0 Å². The van der Waals surface area contributed by atoms with Gasteiger partial charge in [-0.25, -0.2) is 0 Å². The molecule has 1 heterocycles. The number of hydrogen-bond acceptors (Lipinski definition) is 3. The van der Waals surface area contributed by atoms with E-state index in [4.69, 9.17) is 0 Å². The molecule has 0 saturated heterocycles. The summed E-state index contributed by atoms with van der Waals surface area (Å²) < 4.78 is 0. The maximum atomic E-state index is 4.45. The highest BCUT2D eigenvalue weighted by atomic mass is 15.1. The summed E-state index contributed by atoms with van der Waals surface area (Å²) in [5.41, 5.74) is 2.27. The normalized spacial score (nSPS) is 12.5. The summed E-state index contributed by atoms with van der Waals surface area (Å²) in [6, 6.07) is 4.53. The smallest absolute Gasteiger partial charge is 0.0571 e. The Hall–Kier alpha value is -1.09. The molecule has 1 rings (SSSR count). The zero-order valence-corrected chi connectivity index (χ0v) is 10.1. The number of hydrogen-bond donors (Lipinski definition) is 1. The van der Waals surface area contributed by atoms with Crippen LogP contribution in [0.25, 0.3) is 0 Å². The molecule has 1 aromatic heterocycles. The molecule has 1 atom stereocenters. The third-order valence-electron chi connectivity index (χ3n) is 2.65. The van der Waals surface area contributed by atoms with Crippen molar-refractivity contribution in [1.29, 1.82) is 0 Å². The summed E-state index contributed by atoms with van der Waals surface area (Å²) in [6.45, 7) is 5.36. The molecule has 3 heteroatoms. The molecular weight excluding hydrogens is 186 g/mol. The van der Waals surface area contributed by atoms with E-state index in [-0.39, 0.29) is 0 Å². The first-order chi connectivity index (χ1) is 7.19. The molecule has 0 radical (unpaired) electrons. The molecule has 0 saturated carbocycles. The standard InChI is InChI=1S/C12H21N3/c1-5-8-15(4)11-6-7-12(14-9-11)10(2)13-3/h6-7,9-10,13H,5,8H2,1-4H3. The van der Waals surface area contributed by atoms with Gasteiger partial charge in [-0.1, -0.05) is 6.92 Å². The van der Waals surface area contributed by atoms with E-state index in [1.54, 1.807) is 0 Å². The first-order valence-corrected chi connectivity index (χ1v) is 5.53. The fraction of sp³-hybridized carbons (Fsp3) is 0.583. The molecule has 0 bridgehead atoms. The largest absolute Gasteiger partial charge is 0.373 e. The van der Waals surface area contributed by atoms with Crippen molar-refractivity contribution >= 4 is 5.69 Å². The number of nitrogens with one attached hydrogen (secondary N) is 1. The molecule has 0 fully saturated rings. The molecule has 1 unspecified atom stereocenters. The Labute approximate surface area is 92.5 Å². The maximum Gasteiger partial charge on any atom is 0.0571 e. The summed E-state index contributed by atoms with van der Waals surface area (Å²) in [4.78, 5) is 6.67. The predicted octanol–water partition coefficient (Wildman–Crippen LogP) is 2.21. The number of rotatable bonds is 5. The van der Waals surface area contributed by atoms with Crippen LogP contribution in [0.3, 0.4) is 0 Å². The second-order valence-electron chi connectivity index (χ2n) is 3.87. The van der Waals surface area contributed by atoms with Crippen LogP contribution < -0.4 is 10.2 Å². The van der Waals surface area contributed by atoms with Crippen molar-refractivity contribution < 1.29 is 0 Å². The minimum atomic E-state index is 0.315. The first kappa shape index (κ1) is 12.0. The van der Waals surface area contributed by atoms with Gasteiger partial charge in [0.1, 0.15) is 0 Å². The van der Waals surface area contributed by atoms with E-state index in [1.807, 2.05) is 13.2 Å². The highest BCUT2D eigenvalue weighted by molar-refractivity contribution is 5.43. The highest BCUT2D eigenvalue weighted by Crippen LogP contribution is 2.15. The molecule has 84 valence electrons. The number of anilines is 1. The van der Waals surface area contributed by atoms with Gasteiger partial charge >= 0.3 is 0 Å². The molecule has 0 aliphatic rings. The topological polar surface area (TPSA) is 28.2 Å². The molecular formula is C12H21N3. The van der Waals surface area contributed by atoms with Crippen molar-refractivity contribution in [2.24, 2.45) is 0 Å². The average molecular weight is 207 g/mol. The van der Waals surface area contributed by atoms with E-state index >= 15 is 0 Å². The van der Waals surface area contributed by atoms with Crippen LogP contribution in [-0.2, 0) is 0 Å². The maximum absolute atomic E-state index is 4.45. The van der Waals surface area contributed by atoms with Crippen molar-refractivity contribution in [3.63, 3.8) is 0 Å². The Balaban J connectivity index is 2.71. The van der Waals surface area contributed by atoms with E-state index < -0.39 is 0 Å². The summed E-state index contributed by atoms with van der Waals surface area (Å²) in [6.07, 6.45) is 3.10. The molecule has 0 spiro atoms. The molecule has 0 aliphatic heterocycles. The summed E-state index contributed by atoms with van der Waals surface area (Å²) in [5, 5.41) is 3.18. The molecule has 15 heavy (non-hydrogen) atoms. The second-order valence-corrected chi connectivity index (χ2v) is 3.87. The van der Waals surface area contributed by atoms with Crippen molar-refractivity contribution in [2.75, 3.05) is 25.5 Å². The predicted molar refractivity (Wildman–Crippen MR) is 65.3 cm³/mol. The molecule has 0 amide bonds. The van der Waals surface area contributed by atoms with Crippen LogP contribution in [0.15, 0.2) is 18.3 Å². The van der Waals surface area contributed by atoms with Gasteiger partial charge in [0.15, 0.2) is 0 Å². The highest BCUT2D eigenvalue weighted by Gasteiger charge is 2.04. The fourth-order valence-corrected chi connectivity index (χ4v) is 1.49. The van der Waals surface area contributed by atoms with Crippen LogP contribution in [0, 0.1) is 0 Å². The number of nitrogens with zero attached hydrogens (tertiary/aromatic N) is 2. The lowest BCUT2D eigenvalue weighted by atomic mass is 10.2. The Bertz CT molecular complexity index is 281. The molecule has 3 nitrogen and oxygen atoms in total. The zero-order chi connectivity index (χ0) is 11.3. The van der Waals surface area contributed by atoms with Gasteiger partial charge in [-0.15, -0.1) is 0 Å². The van der Waals surface area contributed by atoms with Crippen LogP contribution in [0.4, 0.5) is 5.69 Å². The Morgan fingerprint density at radius 1 is 1.47 bits per heavy atom. The van der Waals surface area contributed by atoms with Crippen molar-refractivity contribution in [1.82, 2.24) is 10.3 Å². The quantitative estimate of drug-likeness (QED) is 0.802. The third-order valence-corrected chi connectivity index (χ3v) is 2.65. The minimum Gasteiger partial charge on any atom is -0.373 e. The fourth-order valence-electron chi connectivity index (χ4n) is 1.49. The monoisotopic (exact) mass is 207 g/mol. The Morgan fingerprint density at radius 2 is 2.20 bits per heavy atom. The number of pyridine rings is 1. The van der Waals surface area contributed by atoms with Crippen molar-refractivity contribution in [2.45, 2.75) is 26.3 Å². The van der Waals surface area contributed by atoms with E-state index in [0.717, 1.165) is 18.7 Å². The van der Waals surface area contributed by atoms with E-state index in [9.17, 15) is 0 Å². The van der Waals surface area contributed by atoms with E-state index in [0.29, 0.717) is 6.04 Å². The molecule has 0 aromatic carbocycles. The number of aromatic nitrogens is 1. The first-order valence-electron chi connectivity index (χ1n) is 5.53. The SMILES string of the molecule is CCCN(C)c1ccc(C(C)NC)nc1. The van der Waals surface area contributed by atoms with Gasteiger partial charge in [0, 0.05) is 19.6 Å². The summed E-state index contributed by atoms with van der Waals surface area (Å²) in [7, 11) is 4.05. The van der Waals surface area contributed by atoms with Gasteiger partial charge < -0.3 is 10.2 Å². The molecule has 0 aliphatic carbocycles. The second kappa shape index (κ2) is 5.71. The van der Waals surface area contributed by atoms with Gasteiger partial charge in [-0.05, 0) is 32.5 Å². The average Bonchev–Trinajstić information content (AvgIpc) is 2.28. The van der Waals surface area contributed by atoms with Gasteiger partial charge in [-0.2, -0.15) is 0 Å². The van der Waals surface area contributed by atoms with Gasteiger partial charge in [0.25, 0.3) is 0 Å². The molecule has 1 N–H and O–H groups in total. The lowest BCUT2D eigenvalue weighted by Crippen LogP contribution is -2.19. The van der Waals surface area contributed by atoms with E-state index in [2.05, 4.69) is 48.2 Å². The molecule has 1 aromatic rings. The summed E-state index contributed by atoms with van der Waals surface area (Å²) >= 11 is 0. The van der Waals surface area contributed by atoms with Gasteiger partial charge in [-0.3, -0.25) is 4.98 Å². The lowest BCUT2D eigenvalue weighted by molar-refractivity contribution is 0.632. The summed E-state index contributed by atoms with van der Waals surface area (Å²) in [5.74, 6) is 0. The Morgan fingerprint density at radius 3 is 2.67 bits per heavy atom. The van der Waals surface area contributed by atoms with Gasteiger partial charge in [0.2, 0.25) is 0 Å². The van der Waals surface area contributed by atoms with Crippen molar-refractivity contribution in [3.05, 3.63) is 24.0 Å². The van der Waals surface area contributed by atoms with Gasteiger partial charge in [0.05, 0.1) is 17.6 Å². The van der Waals surface area contributed by atoms with Crippen LogP contribution in [0.1, 0.15) is 32.0 Å². The lowest BCUT2D eigenvalue weighted by Gasteiger charge is -2.18. The third kappa shape index (κ3) is 3.20. The zero-order valence-electron chi connectivity index (χ0n) is 10.1. The van der Waals surface area contributed by atoms with E-state index in [1.165, 1.54) is 5.69 Å². The van der Waals surface area contributed by atoms with Crippen LogP contribution in [0.2, 0.25) is 0 Å². The van der Waals surface area contributed by atoms with Crippen LogP contribution in [-0.4, -0.2) is 25.6 Å². The van der Waals surface area contributed by atoms with Crippen molar-refractivity contribution in [3.8, 4) is 0 Å². The minimum absolute atomic E-state index is 0.315.